The zero-order valence-corrected chi connectivity index (χ0v) is 7.31. The van der Waals surface area contributed by atoms with Gasteiger partial charge in [-0.25, -0.2) is 0 Å². The SMILES string of the molecule is Cc1[nH]nc(C2NC=CN2)c1Cl. The van der Waals surface area contributed by atoms with Crippen LogP contribution in [0, 0.1) is 6.92 Å². The van der Waals surface area contributed by atoms with Gasteiger partial charge >= 0.3 is 0 Å². The van der Waals surface area contributed by atoms with Crippen LogP contribution in [0.15, 0.2) is 12.4 Å². The van der Waals surface area contributed by atoms with Gasteiger partial charge in [-0.15, -0.1) is 0 Å². The second kappa shape index (κ2) is 2.71. The molecule has 5 heteroatoms. The van der Waals surface area contributed by atoms with Gasteiger partial charge in [0.1, 0.15) is 11.9 Å². The van der Waals surface area contributed by atoms with Crippen molar-refractivity contribution in [2.24, 2.45) is 0 Å². The highest BCUT2D eigenvalue weighted by Gasteiger charge is 2.18. The van der Waals surface area contributed by atoms with E-state index < -0.39 is 0 Å². The summed E-state index contributed by atoms with van der Waals surface area (Å²) in [5, 5.41) is 13.7. The molecule has 1 aliphatic rings. The van der Waals surface area contributed by atoms with Crippen LogP contribution in [0.1, 0.15) is 17.6 Å². The number of hydrogen-bond acceptors (Lipinski definition) is 3. The van der Waals surface area contributed by atoms with Crippen molar-refractivity contribution >= 4 is 11.6 Å². The molecule has 0 saturated carbocycles. The number of aromatic amines is 1. The Morgan fingerprint density at radius 3 is 2.58 bits per heavy atom. The van der Waals surface area contributed by atoms with E-state index >= 15 is 0 Å². The molecule has 0 saturated heterocycles. The molecule has 1 aliphatic heterocycles. The highest BCUT2D eigenvalue weighted by atomic mass is 35.5. The first-order chi connectivity index (χ1) is 5.79. The van der Waals surface area contributed by atoms with E-state index in [1.165, 1.54) is 0 Å². The molecule has 1 aromatic rings. The summed E-state index contributed by atoms with van der Waals surface area (Å²) in [7, 11) is 0. The lowest BCUT2D eigenvalue weighted by atomic mass is 10.3. The second-order valence-electron chi connectivity index (χ2n) is 2.65. The highest BCUT2D eigenvalue weighted by molar-refractivity contribution is 6.31. The smallest absolute Gasteiger partial charge is 0.143 e. The van der Waals surface area contributed by atoms with E-state index in [0.717, 1.165) is 11.4 Å². The molecule has 4 nitrogen and oxygen atoms in total. The lowest BCUT2D eigenvalue weighted by Gasteiger charge is -2.08. The number of aromatic nitrogens is 2. The quantitative estimate of drug-likeness (QED) is 0.611. The third-order valence-corrected chi connectivity index (χ3v) is 2.26. The fraction of sp³-hybridized carbons (Fsp3) is 0.286. The minimum absolute atomic E-state index is 0.00227. The van der Waals surface area contributed by atoms with Crippen LogP contribution in [-0.2, 0) is 0 Å². The van der Waals surface area contributed by atoms with Gasteiger partial charge in [-0.2, -0.15) is 5.10 Å². The summed E-state index contributed by atoms with van der Waals surface area (Å²) in [6.07, 6.45) is 3.65. The van der Waals surface area contributed by atoms with Crippen LogP contribution in [-0.4, -0.2) is 10.2 Å². The summed E-state index contributed by atoms with van der Waals surface area (Å²) in [4.78, 5) is 0. The first kappa shape index (κ1) is 7.49. The van der Waals surface area contributed by atoms with E-state index in [0.29, 0.717) is 5.02 Å². The molecule has 0 fully saturated rings. The van der Waals surface area contributed by atoms with Crippen LogP contribution in [0.4, 0.5) is 0 Å². The van der Waals surface area contributed by atoms with Crippen molar-refractivity contribution in [1.29, 1.82) is 0 Å². The molecule has 64 valence electrons. The van der Waals surface area contributed by atoms with Crippen LogP contribution in [0.3, 0.4) is 0 Å². The fourth-order valence-corrected chi connectivity index (χ4v) is 1.31. The molecule has 0 atom stereocenters. The van der Waals surface area contributed by atoms with Gasteiger partial charge in [0.05, 0.1) is 10.7 Å². The van der Waals surface area contributed by atoms with Gasteiger partial charge in [0.15, 0.2) is 0 Å². The summed E-state index contributed by atoms with van der Waals surface area (Å²) >= 11 is 5.99. The van der Waals surface area contributed by atoms with Gasteiger partial charge < -0.3 is 10.6 Å². The molecule has 1 aromatic heterocycles. The molecule has 0 aromatic carbocycles. The van der Waals surface area contributed by atoms with Gasteiger partial charge in [-0.3, -0.25) is 5.10 Å². The van der Waals surface area contributed by atoms with E-state index in [4.69, 9.17) is 11.6 Å². The largest absolute Gasteiger partial charge is 0.365 e. The Morgan fingerprint density at radius 2 is 2.08 bits per heavy atom. The number of halogens is 1. The predicted octanol–water partition coefficient (Wildman–Crippen LogP) is 1.03. The van der Waals surface area contributed by atoms with Crippen molar-refractivity contribution in [3.05, 3.63) is 28.8 Å². The second-order valence-corrected chi connectivity index (χ2v) is 3.03. The van der Waals surface area contributed by atoms with Crippen LogP contribution in [0.25, 0.3) is 0 Å². The lowest BCUT2D eigenvalue weighted by Crippen LogP contribution is -2.21. The summed E-state index contributed by atoms with van der Waals surface area (Å²) in [6.45, 7) is 1.89. The summed E-state index contributed by atoms with van der Waals surface area (Å²) in [6, 6.07) is 0. The minimum Gasteiger partial charge on any atom is -0.365 e. The van der Waals surface area contributed by atoms with Crippen molar-refractivity contribution in [3.63, 3.8) is 0 Å². The fourth-order valence-electron chi connectivity index (χ4n) is 1.12. The Hall–Kier alpha value is -1.16. The maximum absolute atomic E-state index is 5.99. The number of nitrogens with zero attached hydrogens (tertiary/aromatic N) is 1. The Kier molecular flexibility index (Phi) is 1.69. The topological polar surface area (TPSA) is 52.7 Å². The summed E-state index contributed by atoms with van der Waals surface area (Å²) in [5.74, 6) is 0. The van der Waals surface area contributed by atoms with E-state index in [2.05, 4.69) is 20.8 Å². The van der Waals surface area contributed by atoms with Crippen molar-refractivity contribution in [2.75, 3.05) is 0 Å². The third kappa shape index (κ3) is 1.04. The maximum Gasteiger partial charge on any atom is 0.143 e. The van der Waals surface area contributed by atoms with Gasteiger partial charge in [-0.1, -0.05) is 11.6 Å². The minimum atomic E-state index is 0.00227. The van der Waals surface area contributed by atoms with E-state index in [-0.39, 0.29) is 6.17 Å². The van der Waals surface area contributed by atoms with Crippen molar-refractivity contribution in [2.45, 2.75) is 13.1 Å². The Morgan fingerprint density at radius 1 is 1.42 bits per heavy atom. The summed E-state index contributed by atoms with van der Waals surface area (Å²) in [5.41, 5.74) is 1.70. The molecule has 0 spiro atoms. The van der Waals surface area contributed by atoms with E-state index in [1.807, 2.05) is 19.3 Å². The van der Waals surface area contributed by atoms with Crippen molar-refractivity contribution in [1.82, 2.24) is 20.8 Å². The average Bonchev–Trinajstić information content (AvgIpc) is 2.64. The molecule has 0 unspecified atom stereocenters. The normalized spacial score (nSPS) is 16.2. The molecular weight excluding hydrogens is 176 g/mol. The first-order valence-corrected chi connectivity index (χ1v) is 4.04. The zero-order valence-electron chi connectivity index (χ0n) is 6.56. The van der Waals surface area contributed by atoms with Crippen molar-refractivity contribution < 1.29 is 0 Å². The Labute approximate surface area is 75.0 Å². The van der Waals surface area contributed by atoms with Crippen LogP contribution in [0.5, 0.6) is 0 Å². The van der Waals surface area contributed by atoms with Crippen molar-refractivity contribution in [3.8, 4) is 0 Å². The molecular formula is C7H9ClN4. The van der Waals surface area contributed by atoms with Crippen LogP contribution in [0.2, 0.25) is 5.02 Å². The molecule has 2 rings (SSSR count). The zero-order chi connectivity index (χ0) is 8.55. The molecule has 12 heavy (non-hydrogen) atoms. The summed E-state index contributed by atoms with van der Waals surface area (Å²) < 4.78 is 0. The van der Waals surface area contributed by atoms with E-state index in [9.17, 15) is 0 Å². The molecule has 0 aliphatic carbocycles. The molecule has 0 radical (unpaired) electrons. The first-order valence-electron chi connectivity index (χ1n) is 3.66. The van der Waals surface area contributed by atoms with Gasteiger partial charge in [0, 0.05) is 12.4 Å². The number of H-pyrrole nitrogens is 1. The number of rotatable bonds is 1. The van der Waals surface area contributed by atoms with E-state index in [1.54, 1.807) is 0 Å². The highest BCUT2D eigenvalue weighted by Crippen LogP contribution is 2.22. The standard InChI is InChI=1S/C7H9ClN4/c1-4-5(8)6(12-11-4)7-9-2-3-10-7/h2-3,7,9-10H,1H3,(H,11,12). The third-order valence-electron chi connectivity index (χ3n) is 1.78. The molecule has 0 amide bonds. The predicted molar refractivity (Wildman–Crippen MR) is 46.5 cm³/mol. The van der Waals surface area contributed by atoms with Gasteiger partial charge in [0.25, 0.3) is 0 Å². The Bertz CT molecular complexity index is 309. The van der Waals surface area contributed by atoms with Gasteiger partial charge in [-0.05, 0) is 6.92 Å². The van der Waals surface area contributed by atoms with Crippen LogP contribution >= 0.6 is 11.6 Å². The van der Waals surface area contributed by atoms with Crippen LogP contribution < -0.4 is 10.6 Å². The monoisotopic (exact) mass is 184 g/mol. The molecule has 0 bridgehead atoms. The number of aryl methyl sites for hydroxylation is 1. The van der Waals surface area contributed by atoms with Gasteiger partial charge in [0.2, 0.25) is 0 Å². The average molecular weight is 185 g/mol. The molecule has 2 heterocycles. The lowest BCUT2D eigenvalue weighted by molar-refractivity contribution is 0.588. The maximum atomic E-state index is 5.99. The Balaban J connectivity index is 2.28. The number of hydrogen-bond donors (Lipinski definition) is 3. The molecule has 3 N–H and O–H groups in total. The number of nitrogens with one attached hydrogen (secondary N) is 3.